The van der Waals surface area contributed by atoms with Crippen molar-refractivity contribution in [2.75, 3.05) is 11.5 Å². The highest BCUT2D eigenvalue weighted by Crippen LogP contribution is 2.42. The number of ether oxygens (including phenoxy) is 2. The number of hydrogen-bond acceptors (Lipinski definition) is 11. The van der Waals surface area contributed by atoms with Crippen LogP contribution in [0, 0.1) is 0 Å². The molecule has 3 aromatic rings. The Morgan fingerprint density at radius 1 is 1.11 bits per heavy atom. The van der Waals surface area contributed by atoms with Gasteiger partial charge in [0.25, 0.3) is 5.91 Å². The number of carbonyl (C=O) groups excluding carboxylic acids is 1. The van der Waals surface area contributed by atoms with Gasteiger partial charge < -0.3 is 50.2 Å². The predicted molar refractivity (Wildman–Crippen MR) is 153 cm³/mol. The fourth-order valence-corrected chi connectivity index (χ4v) is 5.41. The molecule has 14 nitrogen and oxygen atoms in total. The lowest BCUT2D eigenvalue weighted by molar-refractivity contribution is -0.277. The minimum absolute atomic E-state index is 0.0660. The maximum absolute atomic E-state index is 13.4. The maximum atomic E-state index is 13.4. The molecule has 1 aromatic heterocycles. The average molecular weight is 612 g/mol. The fraction of sp³-hybridized carbons (Fsp3) is 0.367. The Morgan fingerprint density at radius 2 is 1.89 bits per heavy atom. The smallest absolute Gasteiger partial charge is 0.327 e. The highest BCUT2D eigenvalue weighted by atomic mass is 16.7. The number of anilines is 1. The van der Waals surface area contributed by atoms with Gasteiger partial charge in [-0.2, -0.15) is 0 Å². The number of phenols is 2. The first kappa shape index (κ1) is 31.0. The number of aliphatic hydroxyl groups excluding tert-OH is 4. The first-order valence-electron chi connectivity index (χ1n) is 13.9. The first-order chi connectivity index (χ1) is 21.0. The molecule has 0 radical (unpaired) electrons. The first-order valence-corrected chi connectivity index (χ1v) is 13.9. The number of aliphatic hydroxyl groups is 4. The second-order valence-electron chi connectivity index (χ2n) is 10.6. The van der Waals surface area contributed by atoms with Gasteiger partial charge in [0, 0.05) is 36.2 Å². The van der Waals surface area contributed by atoms with Crippen molar-refractivity contribution in [3.63, 3.8) is 0 Å². The zero-order valence-electron chi connectivity index (χ0n) is 23.6. The number of aromatic nitrogens is 2. The number of phenolic OH excluding ortho intramolecular Hbond substituents is 2. The molecule has 0 spiro atoms. The molecule has 1 amide bonds. The minimum Gasteiger partial charge on any atom is -0.508 e. The van der Waals surface area contributed by atoms with Crippen LogP contribution in [0.2, 0.25) is 0 Å². The Bertz CT molecular complexity index is 1570. The number of imidazole rings is 1. The third-order valence-electron chi connectivity index (χ3n) is 7.79. The number of nitrogens with one attached hydrogen (secondary N) is 1. The summed E-state index contributed by atoms with van der Waals surface area (Å²) in [5, 5.41) is 70.8. The normalized spacial score (nSPS) is 24.9. The number of carboxylic acid groups (broad SMARTS) is 1. The van der Waals surface area contributed by atoms with Crippen molar-refractivity contribution in [2.24, 2.45) is 0 Å². The number of carbonyl (C=O) groups is 2. The van der Waals surface area contributed by atoms with Gasteiger partial charge in [-0.05, 0) is 41.8 Å². The van der Waals surface area contributed by atoms with E-state index in [1.807, 2.05) is 6.92 Å². The quantitative estimate of drug-likeness (QED) is 0.152. The summed E-state index contributed by atoms with van der Waals surface area (Å²) >= 11 is 0. The molecule has 8 N–H and O–H groups in total. The van der Waals surface area contributed by atoms with Crippen molar-refractivity contribution in [3.05, 3.63) is 70.8 Å². The van der Waals surface area contributed by atoms with Crippen LogP contribution >= 0.6 is 0 Å². The summed E-state index contributed by atoms with van der Waals surface area (Å²) in [7, 11) is 0. The van der Waals surface area contributed by atoms with Gasteiger partial charge in [-0.25, -0.2) is 9.78 Å². The zero-order valence-corrected chi connectivity index (χ0v) is 23.6. The lowest BCUT2D eigenvalue weighted by Gasteiger charge is -2.39. The van der Waals surface area contributed by atoms with E-state index >= 15 is 0 Å². The van der Waals surface area contributed by atoms with Gasteiger partial charge in [-0.3, -0.25) is 9.69 Å². The van der Waals surface area contributed by atoms with E-state index in [4.69, 9.17) is 9.47 Å². The van der Waals surface area contributed by atoms with E-state index in [1.165, 1.54) is 30.4 Å². The second kappa shape index (κ2) is 12.6. The van der Waals surface area contributed by atoms with Crippen LogP contribution in [0.15, 0.2) is 42.7 Å². The van der Waals surface area contributed by atoms with Crippen LogP contribution in [0.4, 0.5) is 5.69 Å². The summed E-state index contributed by atoms with van der Waals surface area (Å²) in [6, 6.07) is 5.96. The molecule has 3 heterocycles. The second-order valence-corrected chi connectivity index (χ2v) is 10.6. The number of fused-ring (bicyclic) bond motifs is 1. The Labute approximate surface area is 251 Å². The zero-order chi connectivity index (χ0) is 31.7. The van der Waals surface area contributed by atoms with Crippen LogP contribution in [0.25, 0.3) is 6.08 Å². The monoisotopic (exact) mass is 611 g/mol. The van der Waals surface area contributed by atoms with E-state index < -0.39 is 61.0 Å². The molecular formula is C30H33N3O11. The van der Waals surface area contributed by atoms with Gasteiger partial charge in [0.05, 0.1) is 24.3 Å². The number of aryl methyl sites for hydroxylation is 1. The fourth-order valence-electron chi connectivity index (χ4n) is 5.41. The summed E-state index contributed by atoms with van der Waals surface area (Å²) in [5.41, 5.74) is 3.36. The molecule has 2 aliphatic rings. The third-order valence-corrected chi connectivity index (χ3v) is 7.79. The maximum Gasteiger partial charge on any atom is 0.327 e. The van der Waals surface area contributed by atoms with Crippen LogP contribution in [0.5, 0.6) is 17.2 Å². The molecule has 1 saturated heterocycles. The average Bonchev–Trinajstić information content (AvgIpc) is 3.61. The van der Waals surface area contributed by atoms with Gasteiger partial charge in [0.1, 0.15) is 36.2 Å². The molecule has 2 aromatic carbocycles. The van der Waals surface area contributed by atoms with Gasteiger partial charge in [0.15, 0.2) is 11.5 Å². The van der Waals surface area contributed by atoms with Crippen molar-refractivity contribution in [1.29, 1.82) is 0 Å². The number of nitrogens with zero attached hydrogens (tertiary/aromatic N) is 2. The van der Waals surface area contributed by atoms with Crippen LogP contribution in [-0.2, 0) is 33.6 Å². The summed E-state index contributed by atoms with van der Waals surface area (Å²) in [5.74, 6) is -2.64. The van der Waals surface area contributed by atoms with Gasteiger partial charge in [0.2, 0.25) is 6.29 Å². The Kier molecular flexibility index (Phi) is 8.90. The van der Waals surface area contributed by atoms with Crippen molar-refractivity contribution in [3.8, 4) is 17.2 Å². The number of hydrogen-bond donors (Lipinski definition) is 8. The van der Waals surface area contributed by atoms with Crippen molar-refractivity contribution in [2.45, 2.75) is 62.9 Å². The number of amides is 1. The minimum atomic E-state index is -1.76. The number of aromatic hydroxyl groups is 2. The third kappa shape index (κ3) is 5.98. The molecule has 5 rings (SSSR count). The van der Waals surface area contributed by atoms with E-state index in [9.17, 15) is 45.3 Å². The summed E-state index contributed by atoms with van der Waals surface area (Å²) in [6.07, 6.45) is -2.73. The van der Waals surface area contributed by atoms with Crippen molar-refractivity contribution in [1.82, 2.24) is 9.97 Å². The van der Waals surface area contributed by atoms with Crippen molar-refractivity contribution >= 4 is 23.6 Å². The Balaban J connectivity index is 1.40. The molecule has 44 heavy (non-hydrogen) atoms. The van der Waals surface area contributed by atoms with E-state index in [0.29, 0.717) is 29.5 Å². The van der Waals surface area contributed by atoms with Crippen LogP contribution in [-0.4, -0.2) is 101 Å². The van der Waals surface area contributed by atoms with Gasteiger partial charge >= 0.3 is 5.97 Å². The molecule has 2 aliphatic heterocycles. The summed E-state index contributed by atoms with van der Waals surface area (Å²) in [6.45, 7) is 1.28. The summed E-state index contributed by atoms with van der Waals surface area (Å²) < 4.78 is 10.9. The van der Waals surface area contributed by atoms with Crippen LogP contribution in [0.3, 0.4) is 0 Å². The highest BCUT2D eigenvalue weighted by Gasteiger charge is 2.45. The molecule has 6 atom stereocenters. The molecule has 1 fully saturated rings. The molecule has 0 bridgehead atoms. The lowest BCUT2D eigenvalue weighted by Crippen LogP contribution is -2.60. The predicted octanol–water partition coefficient (Wildman–Crippen LogP) is 0.208. The van der Waals surface area contributed by atoms with Crippen molar-refractivity contribution < 1.29 is 54.8 Å². The number of H-pyrrole nitrogens is 1. The number of aromatic amines is 1. The van der Waals surface area contributed by atoms with Gasteiger partial charge in [-0.15, -0.1) is 0 Å². The van der Waals surface area contributed by atoms with Gasteiger partial charge in [-0.1, -0.05) is 13.0 Å². The Morgan fingerprint density at radius 3 is 2.59 bits per heavy atom. The number of carboxylic acids is 1. The number of rotatable bonds is 9. The van der Waals surface area contributed by atoms with Crippen LogP contribution < -0.4 is 9.64 Å². The largest absolute Gasteiger partial charge is 0.508 e. The molecule has 14 heteroatoms. The molecular weight excluding hydrogens is 578 g/mol. The molecule has 6 unspecified atom stereocenters. The van der Waals surface area contributed by atoms with E-state index in [-0.39, 0.29) is 23.6 Å². The molecule has 0 saturated carbocycles. The molecule has 0 aliphatic carbocycles. The van der Waals surface area contributed by atoms with E-state index in [0.717, 1.165) is 16.3 Å². The van der Waals surface area contributed by atoms with Crippen LogP contribution in [0.1, 0.15) is 35.0 Å². The Hall–Kier alpha value is -4.47. The topological polar surface area (TPSA) is 226 Å². The summed E-state index contributed by atoms with van der Waals surface area (Å²) in [4.78, 5) is 33.9. The standard InChI is InChI=1S/C30H33N3O11/c1-2-17-18(32-13-31-17)8-16-7-14(3-5-21(16)35)4-6-25(37)33-19-11-23(22(36)10-15(19)9-20(33)29(41)42)43-30-28(40)27(39)26(38)24(12-34)44-30/h3-7,10-11,13,20,24,26-28,30,34-36,38-40H,2,8-9,12H2,1H3,(H,31,32)(H,41,42). The van der Waals surface area contributed by atoms with E-state index in [1.54, 1.807) is 18.5 Å². The van der Waals surface area contributed by atoms with E-state index in [2.05, 4.69) is 9.97 Å². The number of aliphatic carboxylic acids is 1. The number of benzene rings is 2. The molecule has 234 valence electrons. The SMILES string of the molecule is CCc1nc[nH]c1Cc1cc(C=CC(=O)N2c3cc(OC4OC(CO)C(O)C(O)C4O)c(O)cc3CC2C(=O)O)ccc1O. The lowest BCUT2D eigenvalue weighted by atomic mass is 9.99. The highest BCUT2D eigenvalue weighted by molar-refractivity contribution is 6.09.